The molecule has 0 bridgehead atoms. The zero-order valence-electron chi connectivity index (χ0n) is 17.1. The van der Waals surface area contributed by atoms with Crippen LogP contribution in [0.5, 0.6) is 0 Å². The molecule has 2 aromatic rings. The van der Waals surface area contributed by atoms with Gasteiger partial charge in [0.15, 0.2) is 5.78 Å². The molecule has 1 amide bonds. The summed E-state index contributed by atoms with van der Waals surface area (Å²) in [6, 6.07) is 5.40. The second kappa shape index (κ2) is 8.48. The Morgan fingerprint density at radius 1 is 1.27 bits per heavy atom. The van der Waals surface area contributed by atoms with Crippen molar-refractivity contribution in [3.63, 3.8) is 0 Å². The molecule has 1 aliphatic carbocycles. The maximum Gasteiger partial charge on any atom is 0.355 e. The van der Waals surface area contributed by atoms with Crippen LogP contribution in [0.25, 0.3) is 0 Å². The summed E-state index contributed by atoms with van der Waals surface area (Å²) >= 11 is 0. The monoisotopic (exact) mass is 413 g/mol. The Labute approximate surface area is 173 Å². The predicted molar refractivity (Wildman–Crippen MR) is 108 cm³/mol. The Kier molecular flexibility index (Phi) is 6.00. The zero-order chi connectivity index (χ0) is 22.0. The van der Waals surface area contributed by atoms with Crippen LogP contribution < -0.4 is 0 Å². The van der Waals surface area contributed by atoms with Crippen molar-refractivity contribution in [3.05, 3.63) is 62.5 Å². The third-order valence-electron chi connectivity index (χ3n) is 5.06. The Bertz CT molecular complexity index is 1020. The highest BCUT2D eigenvalue weighted by Gasteiger charge is 2.36. The number of aryl methyl sites for hydroxylation is 1. The van der Waals surface area contributed by atoms with E-state index in [2.05, 4.69) is 4.98 Å². The number of H-pyrrole nitrogens is 1. The molecule has 0 unspecified atom stereocenters. The molecule has 1 N–H and O–H groups in total. The summed E-state index contributed by atoms with van der Waals surface area (Å²) in [7, 11) is 0. The first kappa shape index (κ1) is 21.2. The summed E-state index contributed by atoms with van der Waals surface area (Å²) in [5.74, 6) is -1.27. The molecular weight excluding hydrogens is 390 g/mol. The van der Waals surface area contributed by atoms with E-state index in [1.54, 1.807) is 20.8 Å². The van der Waals surface area contributed by atoms with Crippen LogP contribution in [0.3, 0.4) is 0 Å². The number of carbonyl (C=O) groups excluding carboxylic acids is 3. The number of aromatic amines is 1. The Balaban J connectivity index is 1.85. The van der Waals surface area contributed by atoms with Crippen LogP contribution in [-0.2, 0) is 4.74 Å². The van der Waals surface area contributed by atoms with Gasteiger partial charge in [0.2, 0.25) is 0 Å². The standard InChI is InChI=1S/C21H23N3O6/c1-4-30-21(27)19-12(2)18(13(3)22-19)17(25)11-23(15-8-9-15)20(26)14-6-5-7-16(10-14)24(28)29/h5-7,10,15,22H,4,8-9,11H2,1-3H3. The molecule has 0 saturated heterocycles. The number of ether oxygens (including phenoxy) is 1. The number of ketones is 1. The molecule has 30 heavy (non-hydrogen) atoms. The number of nitro groups is 1. The fourth-order valence-electron chi connectivity index (χ4n) is 3.48. The number of rotatable bonds is 8. The van der Waals surface area contributed by atoms with Crippen LogP contribution >= 0.6 is 0 Å². The molecule has 0 atom stereocenters. The fraction of sp³-hybridized carbons (Fsp3) is 0.381. The molecule has 0 radical (unpaired) electrons. The summed E-state index contributed by atoms with van der Waals surface area (Å²) in [5.41, 5.74) is 1.57. The van der Waals surface area contributed by atoms with E-state index in [1.807, 2.05) is 0 Å². The number of carbonyl (C=O) groups is 3. The van der Waals surface area contributed by atoms with Crippen molar-refractivity contribution in [1.29, 1.82) is 0 Å². The molecule has 1 aliphatic rings. The molecule has 0 aliphatic heterocycles. The summed E-state index contributed by atoms with van der Waals surface area (Å²) in [6.07, 6.45) is 1.54. The van der Waals surface area contributed by atoms with Gasteiger partial charge >= 0.3 is 5.97 Å². The van der Waals surface area contributed by atoms with Gasteiger partial charge in [-0.2, -0.15) is 0 Å². The van der Waals surface area contributed by atoms with Crippen molar-refractivity contribution in [3.8, 4) is 0 Å². The van der Waals surface area contributed by atoms with E-state index < -0.39 is 16.8 Å². The van der Waals surface area contributed by atoms with E-state index in [0.29, 0.717) is 16.8 Å². The average molecular weight is 413 g/mol. The van der Waals surface area contributed by atoms with Crippen LogP contribution in [0.4, 0.5) is 5.69 Å². The minimum absolute atomic E-state index is 0.0789. The van der Waals surface area contributed by atoms with Crippen molar-refractivity contribution in [1.82, 2.24) is 9.88 Å². The fourth-order valence-corrected chi connectivity index (χ4v) is 3.48. The number of hydrogen-bond acceptors (Lipinski definition) is 6. The summed E-state index contributed by atoms with van der Waals surface area (Å²) in [5, 5.41) is 11.0. The van der Waals surface area contributed by atoms with Gasteiger partial charge < -0.3 is 14.6 Å². The minimum Gasteiger partial charge on any atom is -0.461 e. The number of nitro benzene ring substituents is 1. The lowest BCUT2D eigenvalue weighted by molar-refractivity contribution is -0.384. The third kappa shape index (κ3) is 4.24. The lowest BCUT2D eigenvalue weighted by atomic mass is 10.0. The quantitative estimate of drug-likeness (QED) is 0.307. The number of nitrogens with zero attached hydrogens (tertiary/aromatic N) is 2. The Morgan fingerprint density at radius 3 is 2.57 bits per heavy atom. The van der Waals surface area contributed by atoms with Gasteiger partial charge in [-0.3, -0.25) is 19.7 Å². The predicted octanol–water partition coefficient (Wildman–Crippen LogP) is 3.20. The molecule has 158 valence electrons. The van der Waals surface area contributed by atoms with Crippen LogP contribution in [0.1, 0.15) is 62.2 Å². The first-order chi connectivity index (χ1) is 14.2. The van der Waals surface area contributed by atoms with Gasteiger partial charge in [0.1, 0.15) is 5.69 Å². The third-order valence-corrected chi connectivity index (χ3v) is 5.06. The van der Waals surface area contributed by atoms with Crippen LogP contribution in [0.2, 0.25) is 0 Å². The van der Waals surface area contributed by atoms with Gasteiger partial charge in [0.05, 0.1) is 18.1 Å². The normalized spacial score (nSPS) is 13.0. The van der Waals surface area contributed by atoms with E-state index in [0.717, 1.165) is 12.8 Å². The van der Waals surface area contributed by atoms with Crippen molar-refractivity contribution in [2.75, 3.05) is 13.2 Å². The number of aromatic nitrogens is 1. The zero-order valence-corrected chi connectivity index (χ0v) is 17.1. The molecule has 9 heteroatoms. The van der Waals surface area contributed by atoms with Gasteiger partial charge in [0, 0.05) is 35.0 Å². The highest BCUT2D eigenvalue weighted by Crippen LogP contribution is 2.30. The second-order valence-electron chi connectivity index (χ2n) is 7.24. The molecule has 9 nitrogen and oxygen atoms in total. The van der Waals surface area contributed by atoms with Gasteiger partial charge in [-0.1, -0.05) is 6.07 Å². The van der Waals surface area contributed by atoms with Crippen LogP contribution in [0, 0.1) is 24.0 Å². The highest BCUT2D eigenvalue weighted by atomic mass is 16.6. The van der Waals surface area contributed by atoms with Gasteiger partial charge in [-0.05, 0) is 45.2 Å². The maximum absolute atomic E-state index is 13.1. The minimum atomic E-state index is -0.563. The van der Waals surface area contributed by atoms with Gasteiger partial charge in [-0.25, -0.2) is 4.79 Å². The smallest absolute Gasteiger partial charge is 0.355 e. The molecule has 1 aromatic heterocycles. The van der Waals surface area contributed by atoms with Gasteiger partial charge in [-0.15, -0.1) is 0 Å². The summed E-state index contributed by atoms with van der Waals surface area (Å²) in [4.78, 5) is 53.0. The van der Waals surface area contributed by atoms with Crippen LogP contribution in [-0.4, -0.2) is 51.7 Å². The number of amides is 1. The van der Waals surface area contributed by atoms with E-state index in [1.165, 1.54) is 29.2 Å². The molecule has 1 aromatic carbocycles. The first-order valence-electron chi connectivity index (χ1n) is 9.69. The second-order valence-corrected chi connectivity index (χ2v) is 7.24. The molecular formula is C21H23N3O6. The molecule has 3 rings (SSSR count). The topological polar surface area (TPSA) is 123 Å². The molecule has 0 spiro atoms. The number of Topliss-reactive ketones (excluding diaryl/α,β-unsaturated/α-hetero) is 1. The maximum atomic E-state index is 13.1. The van der Waals surface area contributed by atoms with E-state index in [9.17, 15) is 24.5 Å². The number of benzene rings is 1. The van der Waals surface area contributed by atoms with Crippen molar-refractivity contribution in [2.45, 2.75) is 39.7 Å². The molecule has 1 saturated carbocycles. The number of esters is 1. The van der Waals surface area contributed by atoms with Crippen LogP contribution in [0.15, 0.2) is 24.3 Å². The van der Waals surface area contributed by atoms with Crippen molar-refractivity contribution < 1.29 is 24.0 Å². The van der Waals surface area contributed by atoms with Crippen molar-refractivity contribution >= 4 is 23.3 Å². The highest BCUT2D eigenvalue weighted by molar-refractivity contribution is 6.06. The lowest BCUT2D eigenvalue weighted by Gasteiger charge is -2.22. The Hall–Kier alpha value is -3.49. The first-order valence-corrected chi connectivity index (χ1v) is 9.69. The summed E-state index contributed by atoms with van der Waals surface area (Å²) in [6.45, 7) is 5.09. The number of nitrogens with one attached hydrogen (secondary N) is 1. The number of non-ortho nitro benzene ring substituents is 1. The molecule has 1 heterocycles. The van der Waals surface area contributed by atoms with Crippen molar-refractivity contribution in [2.24, 2.45) is 0 Å². The SMILES string of the molecule is CCOC(=O)c1[nH]c(C)c(C(=O)CN(C(=O)c2cccc([N+](=O)[O-])c2)C2CC2)c1C. The van der Waals surface area contributed by atoms with E-state index in [4.69, 9.17) is 4.74 Å². The summed E-state index contributed by atoms with van der Waals surface area (Å²) < 4.78 is 5.01. The largest absolute Gasteiger partial charge is 0.461 e. The van der Waals surface area contributed by atoms with E-state index in [-0.39, 0.29) is 41.9 Å². The van der Waals surface area contributed by atoms with Gasteiger partial charge in [0.25, 0.3) is 11.6 Å². The average Bonchev–Trinajstić information content (AvgIpc) is 3.50. The van der Waals surface area contributed by atoms with E-state index >= 15 is 0 Å². The molecule has 1 fully saturated rings. The number of hydrogen-bond donors (Lipinski definition) is 1. The Morgan fingerprint density at radius 2 is 1.97 bits per heavy atom. The lowest BCUT2D eigenvalue weighted by Crippen LogP contribution is -2.37.